The lowest BCUT2D eigenvalue weighted by atomic mass is 10.2. The van der Waals surface area contributed by atoms with Crippen LogP contribution >= 0.6 is 0 Å². The number of likely N-dealkylation sites (N-methyl/N-ethyl adjacent to an activating group) is 1. The standard InChI is InChI=1S/C18H20N6O2/c1-22-9-10-24-15(18(22)26)11-13(21-24)17(25)19-8-7-16-20-12-5-3-4-6-14(12)23(16)2/h3-6,11H,7-10H2,1-2H3,(H,19,25). The predicted molar refractivity (Wildman–Crippen MR) is 95.9 cm³/mol. The maximum absolute atomic E-state index is 12.4. The number of hydrogen-bond donors (Lipinski definition) is 1. The number of carbonyl (C=O) groups excluding carboxylic acids is 2. The number of rotatable bonds is 4. The van der Waals surface area contributed by atoms with Crippen LogP contribution in [0, 0.1) is 0 Å². The number of fused-ring (bicyclic) bond motifs is 2. The van der Waals surface area contributed by atoms with E-state index < -0.39 is 0 Å². The Labute approximate surface area is 150 Å². The number of carbonyl (C=O) groups is 2. The Morgan fingerprint density at radius 1 is 1.23 bits per heavy atom. The largest absolute Gasteiger partial charge is 0.350 e. The van der Waals surface area contributed by atoms with Gasteiger partial charge in [-0.05, 0) is 12.1 Å². The topological polar surface area (TPSA) is 85.1 Å². The van der Waals surface area contributed by atoms with E-state index >= 15 is 0 Å². The minimum Gasteiger partial charge on any atom is -0.350 e. The molecule has 0 atom stereocenters. The zero-order chi connectivity index (χ0) is 18.3. The van der Waals surface area contributed by atoms with Crippen LogP contribution in [0.4, 0.5) is 0 Å². The van der Waals surface area contributed by atoms with Gasteiger partial charge in [-0.3, -0.25) is 14.3 Å². The number of para-hydroxylation sites is 2. The molecule has 1 aromatic carbocycles. The van der Waals surface area contributed by atoms with Crippen molar-refractivity contribution in [3.05, 3.63) is 47.5 Å². The van der Waals surface area contributed by atoms with Crippen molar-refractivity contribution in [1.82, 2.24) is 29.5 Å². The Morgan fingerprint density at radius 3 is 2.85 bits per heavy atom. The lowest BCUT2D eigenvalue weighted by Gasteiger charge is -2.22. The summed E-state index contributed by atoms with van der Waals surface area (Å²) in [6.45, 7) is 1.65. The van der Waals surface area contributed by atoms with Gasteiger partial charge in [-0.15, -0.1) is 0 Å². The van der Waals surface area contributed by atoms with Gasteiger partial charge in [-0.2, -0.15) is 5.10 Å². The molecular formula is C18H20N6O2. The van der Waals surface area contributed by atoms with Gasteiger partial charge in [0.2, 0.25) is 0 Å². The fraction of sp³-hybridized carbons (Fsp3) is 0.333. The third-order valence-corrected chi connectivity index (χ3v) is 4.74. The molecule has 2 aromatic heterocycles. The molecule has 0 bridgehead atoms. The van der Waals surface area contributed by atoms with Gasteiger partial charge in [0.1, 0.15) is 11.5 Å². The normalized spacial score (nSPS) is 13.9. The highest BCUT2D eigenvalue weighted by molar-refractivity contribution is 5.98. The first-order valence-corrected chi connectivity index (χ1v) is 8.56. The Bertz CT molecular complexity index is 1000. The second kappa shape index (κ2) is 6.29. The van der Waals surface area contributed by atoms with Crippen LogP contribution < -0.4 is 5.32 Å². The summed E-state index contributed by atoms with van der Waals surface area (Å²) < 4.78 is 3.63. The summed E-state index contributed by atoms with van der Waals surface area (Å²) in [5.41, 5.74) is 2.74. The summed E-state index contributed by atoms with van der Waals surface area (Å²) in [6, 6.07) is 9.49. The molecule has 4 rings (SSSR count). The minimum absolute atomic E-state index is 0.109. The van der Waals surface area contributed by atoms with Gasteiger partial charge in [-0.1, -0.05) is 12.1 Å². The molecule has 0 radical (unpaired) electrons. The van der Waals surface area contributed by atoms with E-state index in [1.165, 1.54) is 0 Å². The molecule has 0 aliphatic carbocycles. The Balaban J connectivity index is 1.42. The molecule has 1 N–H and O–H groups in total. The lowest BCUT2D eigenvalue weighted by Crippen LogP contribution is -2.37. The van der Waals surface area contributed by atoms with Crippen LogP contribution in [0.15, 0.2) is 30.3 Å². The monoisotopic (exact) mass is 352 g/mol. The molecule has 3 aromatic rings. The molecule has 0 spiro atoms. The molecule has 3 heterocycles. The highest BCUT2D eigenvalue weighted by Crippen LogP contribution is 2.15. The molecule has 2 amide bonds. The number of hydrogen-bond acceptors (Lipinski definition) is 4. The average molecular weight is 352 g/mol. The summed E-state index contributed by atoms with van der Waals surface area (Å²) in [5, 5.41) is 7.11. The Hall–Kier alpha value is -3.16. The quantitative estimate of drug-likeness (QED) is 0.754. The Morgan fingerprint density at radius 2 is 2.04 bits per heavy atom. The van der Waals surface area contributed by atoms with Gasteiger partial charge in [0.05, 0.1) is 17.6 Å². The van der Waals surface area contributed by atoms with Crippen LogP contribution in [-0.4, -0.2) is 56.2 Å². The molecule has 1 aliphatic heterocycles. The zero-order valence-electron chi connectivity index (χ0n) is 14.8. The molecule has 8 heteroatoms. The molecular weight excluding hydrogens is 332 g/mol. The van der Waals surface area contributed by atoms with Crippen LogP contribution in [0.1, 0.15) is 26.8 Å². The van der Waals surface area contributed by atoms with Crippen LogP contribution in [0.3, 0.4) is 0 Å². The lowest BCUT2D eigenvalue weighted by molar-refractivity contribution is 0.0742. The van der Waals surface area contributed by atoms with Gasteiger partial charge < -0.3 is 14.8 Å². The average Bonchev–Trinajstić information content (AvgIpc) is 3.21. The van der Waals surface area contributed by atoms with E-state index in [0.29, 0.717) is 31.7 Å². The van der Waals surface area contributed by atoms with Gasteiger partial charge in [0, 0.05) is 39.7 Å². The van der Waals surface area contributed by atoms with Crippen LogP contribution in [0.25, 0.3) is 11.0 Å². The number of nitrogens with one attached hydrogen (secondary N) is 1. The van der Waals surface area contributed by atoms with Gasteiger partial charge in [0.25, 0.3) is 11.8 Å². The van der Waals surface area contributed by atoms with Crippen LogP contribution in [-0.2, 0) is 20.0 Å². The van der Waals surface area contributed by atoms with Crippen molar-refractivity contribution >= 4 is 22.8 Å². The Kier molecular flexibility index (Phi) is 3.95. The summed E-state index contributed by atoms with van der Waals surface area (Å²) in [7, 11) is 3.72. The van der Waals surface area contributed by atoms with Crippen molar-refractivity contribution in [3.8, 4) is 0 Å². The highest BCUT2D eigenvalue weighted by atomic mass is 16.2. The molecule has 0 fully saturated rings. The number of benzene rings is 1. The fourth-order valence-corrected chi connectivity index (χ4v) is 3.21. The zero-order valence-corrected chi connectivity index (χ0v) is 14.8. The first-order chi connectivity index (χ1) is 12.5. The number of imidazole rings is 1. The maximum Gasteiger partial charge on any atom is 0.271 e. The third-order valence-electron chi connectivity index (χ3n) is 4.74. The molecule has 0 unspecified atom stereocenters. The van der Waals surface area contributed by atoms with Crippen molar-refractivity contribution in [2.75, 3.05) is 20.1 Å². The third kappa shape index (κ3) is 2.73. The molecule has 0 saturated carbocycles. The number of aryl methyl sites for hydroxylation is 1. The fourth-order valence-electron chi connectivity index (χ4n) is 3.21. The van der Waals surface area contributed by atoms with Crippen molar-refractivity contribution < 1.29 is 9.59 Å². The summed E-state index contributed by atoms with van der Waals surface area (Å²) >= 11 is 0. The summed E-state index contributed by atoms with van der Waals surface area (Å²) in [6.07, 6.45) is 0.617. The molecule has 8 nitrogen and oxygen atoms in total. The number of amides is 2. The van der Waals surface area contributed by atoms with E-state index in [-0.39, 0.29) is 17.5 Å². The maximum atomic E-state index is 12.4. The van der Waals surface area contributed by atoms with Crippen molar-refractivity contribution in [2.24, 2.45) is 7.05 Å². The molecule has 134 valence electrons. The molecule has 26 heavy (non-hydrogen) atoms. The van der Waals surface area contributed by atoms with Crippen molar-refractivity contribution in [3.63, 3.8) is 0 Å². The van der Waals surface area contributed by atoms with Gasteiger partial charge in [0.15, 0.2) is 5.69 Å². The first kappa shape index (κ1) is 16.3. The summed E-state index contributed by atoms with van der Waals surface area (Å²) in [5.74, 6) is 0.524. The molecule has 1 aliphatic rings. The van der Waals surface area contributed by atoms with E-state index in [1.54, 1.807) is 22.7 Å². The van der Waals surface area contributed by atoms with Gasteiger partial charge >= 0.3 is 0 Å². The van der Waals surface area contributed by atoms with Crippen LogP contribution in [0.2, 0.25) is 0 Å². The number of aromatic nitrogens is 4. The van der Waals surface area contributed by atoms with E-state index in [4.69, 9.17) is 0 Å². The van der Waals surface area contributed by atoms with Crippen molar-refractivity contribution in [2.45, 2.75) is 13.0 Å². The van der Waals surface area contributed by atoms with Crippen LogP contribution in [0.5, 0.6) is 0 Å². The molecule has 0 saturated heterocycles. The smallest absolute Gasteiger partial charge is 0.271 e. The van der Waals surface area contributed by atoms with E-state index in [9.17, 15) is 9.59 Å². The summed E-state index contributed by atoms with van der Waals surface area (Å²) in [4.78, 5) is 30.7. The first-order valence-electron chi connectivity index (χ1n) is 8.56. The highest BCUT2D eigenvalue weighted by Gasteiger charge is 2.25. The van der Waals surface area contributed by atoms with Gasteiger partial charge in [-0.25, -0.2) is 4.98 Å². The number of nitrogens with zero attached hydrogens (tertiary/aromatic N) is 5. The minimum atomic E-state index is -0.277. The second-order valence-corrected chi connectivity index (χ2v) is 6.45. The van der Waals surface area contributed by atoms with Crippen molar-refractivity contribution in [1.29, 1.82) is 0 Å². The SMILES string of the molecule is CN1CCn2nc(C(=O)NCCc3nc4ccccc4n3C)cc2C1=O. The predicted octanol–water partition coefficient (Wildman–Crippen LogP) is 0.828. The second-order valence-electron chi connectivity index (χ2n) is 6.45. The van der Waals surface area contributed by atoms with E-state index in [0.717, 1.165) is 16.9 Å². The van der Waals surface area contributed by atoms with E-state index in [1.807, 2.05) is 35.9 Å². The van der Waals surface area contributed by atoms with E-state index in [2.05, 4.69) is 15.4 Å².